The maximum absolute atomic E-state index is 12.9. The molecule has 2 aliphatic heterocycles. The van der Waals surface area contributed by atoms with Crippen molar-refractivity contribution in [2.45, 2.75) is 51.1 Å². The average molecular weight is 392 g/mol. The van der Waals surface area contributed by atoms with E-state index in [1.165, 1.54) is 0 Å². The highest BCUT2D eigenvalue weighted by molar-refractivity contribution is 5.74. The Bertz CT molecular complexity index is 687. The van der Waals surface area contributed by atoms with Gasteiger partial charge in [0.25, 0.3) is 0 Å². The van der Waals surface area contributed by atoms with Crippen LogP contribution < -0.4 is 0 Å². The van der Waals surface area contributed by atoms with E-state index in [9.17, 15) is 15.0 Å². The standard InChI is InChI=1S/C22H32O6/c1-5-13-16-7-6-14-17-18(23)15(10-26-4)19(24)20(14)28-22(16,17)12(3)8-11(2)9-27-21(13)25/h6-8,11,13-20,23-24H,5,9-10H2,1-4H3/b12-8+/t11-,13-,14-,15-,16-,17+,18-,19-,20-,22+/m1/s1. The van der Waals surface area contributed by atoms with Crippen molar-refractivity contribution in [1.29, 1.82) is 0 Å². The molecule has 0 radical (unpaired) electrons. The number of hydrogen-bond donors (Lipinski definition) is 2. The first kappa shape index (κ1) is 20.1. The maximum atomic E-state index is 12.9. The number of ether oxygens (including phenoxy) is 3. The number of carbonyl (C=O) groups excluding carboxylic acids is 1. The number of rotatable bonds is 3. The summed E-state index contributed by atoms with van der Waals surface area (Å²) < 4.78 is 17.6. The zero-order valence-corrected chi connectivity index (χ0v) is 17.1. The third-order valence-electron chi connectivity index (χ3n) is 7.41. The van der Waals surface area contributed by atoms with Gasteiger partial charge in [-0.25, -0.2) is 0 Å². The van der Waals surface area contributed by atoms with Crippen LogP contribution in [0.4, 0.5) is 0 Å². The third-order valence-corrected chi connectivity index (χ3v) is 7.41. The minimum absolute atomic E-state index is 0.0554. The topological polar surface area (TPSA) is 85.2 Å². The molecule has 2 heterocycles. The van der Waals surface area contributed by atoms with E-state index in [0.29, 0.717) is 13.0 Å². The molecule has 4 rings (SSSR count). The van der Waals surface area contributed by atoms with Gasteiger partial charge in [-0.1, -0.05) is 32.1 Å². The van der Waals surface area contributed by atoms with Gasteiger partial charge < -0.3 is 24.4 Å². The minimum Gasteiger partial charge on any atom is -0.465 e. The van der Waals surface area contributed by atoms with Crippen molar-refractivity contribution < 1.29 is 29.2 Å². The molecule has 2 aliphatic carbocycles. The zero-order valence-electron chi connectivity index (χ0n) is 17.1. The lowest BCUT2D eigenvalue weighted by Crippen LogP contribution is -2.58. The summed E-state index contributed by atoms with van der Waals surface area (Å²) in [6, 6.07) is 0. The normalized spacial score (nSPS) is 52.0. The Balaban J connectivity index is 1.88. The lowest BCUT2D eigenvalue weighted by molar-refractivity contribution is -0.156. The van der Waals surface area contributed by atoms with Gasteiger partial charge >= 0.3 is 5.97 Å². The highest BCUT2D eigenvalue weighted by Crippen LogP contribution is 2.61. The van der Waals surface area contributed by atoms with Gasteiger partial charge in [0, 0.05) is 36.7 Å². The Morgan fingerprint density at radius 1 is 1.29 bits per heavy atom. The van der Waals surface area contributed by atoms with Crippen LogP contribution in [0.1, 0.15) is 27.2 Å². The second-order valence-corrected chi connectivity index (χ2v) is 8.96. The van der Waals surface area contributed by atoms with Crippen molar-refractivity contribution in [2.24, 2.45) is 35.5 Å². The Morgan fingerprint density at radius 3 is 2.71 bits per heavy atom. The molecule has 10 atom stereocenters. The van der Waals surface area contributed by atoms with Crippen molar-refractivity contribution in [3.63, 3.8) is 0 Å². The van der Waals surface area contributed by atoms with Crippen LogP contribution in [0.3, 0.4) is 0 Å². The maximum Gasteiger partial charge on any atom is 0.309 e. The number of cyclic esters (lactones) is 1. The van der Waals surface area contributed by atoms with E-state index in [0.717, 1.165) is 5.57 Å². The molecule has 156 valence electrons. The van der Waals surface area contributed by atoms with Gasteiger partial charge in [-0.3, -0.25) is 4.79 Å². The van der Waals surface area contributed by atoms with Crippen LogP contribution >= 0.6 is 0 Å². The summed E-state index contributed by atoms with van der Waals surface area (Å²) in [7, 11) is 1.58. The number of aliphatic hydroxyl groups excluding tert-OH is 2. The number of methoxy groups -OCH3 is 1. The fraction of sp³-hybridized carbons (Fsp3) is 0.773. The quantitative estimate of drug-likeness (QED) is 0.562. The summed E-state index contributed by atoms with van der Waals surface area (Å²) in [4.78, 5) is 12.9. The highest BCUT2D eigenvalue weighted by Gasteiger charge is 2.69. The number of carbonyl (C=O) groups is 1. The van der Waals surface area contributed by atoms with Crippen LogP contribution in [-0.4, -0.2) is 60.4 Å². The van der Waals surface area contributed by atoms with E-state index in [1.807, 2.05) is 26.8 Å². The first-order chi connectivity index (χ1) is 13.4. The van der Waals surface area contributed by atoms with Crippen LogP contribution in [0.2, 0.25) is 0 Å². The van der Waals surface area contributed by atoms with Gasteiger partial charge in [0.2, 0.25) is 0 Å². The number of esters is 1. The molecule has 1 spiro atoms. The van der Waals surface area contributed by atoms with Gasteiger partial charge in [-0.05, 0) is 18.9 Å². The summed E-state index contributed by atoms with van der Waals surface area (Å²) in [6.45, 7) is 6.65. The predicted octanol–water partition coefficient (Wildman–Crippen LogP) is 1.71. The van der Waals surface area contributed by atoms with Crippen molar-refractivity contribution in [3.05, 3.63) is 23.8 Å². The van der Waals surface area contributed by atoms with E-state index < -0.39 is 29.8 Å². The number of aliphatic hydroxyl groups is 2. The molecule has 2 N–H and O–H groups in total. The van der Waals surface area contributed by atoms with E-state index >= 15 is 0 Å². The monoisotopic (exact) mass is 392 g/mol. The molecule has 0 aromatic rings. The molecule has 2 fully saturated rings. The molecule has 1 saturated heterocycles. The second kappa shape index (κ2) is 7.24. The summed E-state index contributed by atoms with van der Waals surface area (Å²) in [5, 5.41) is 22.3. The van der Waals surface area contributed by atoms with Gasteiger partial charge in [0.05, 0.1) is 37.4 Å². The average Bonchev–Trinajstić information content (AvgIpc) is 2.88. The zero-order chi connectivity index (χ0) is 20.2. The summed E-state index contributed by atoms with van der Waals surface area (Å²) in [5.41, 5.74) is 0.207. The van der Waals surface area contributed by atoms with Crippen molar-refractivity contribution in [2.75, 3.05) is 20.3 Å². The highest BCUT2D eigenvalue weighted by atomic mass is 16.5. The predicted molar refractivity (Wildman–Crippen MR) is 102 cm³/mol. The smallest absolute Gasteiger partial charge is 0.309 e. The summed E-state index contributed by atoms with van der Waals surface area (Å²) in [5.74, 6) is -1.45. The van der Waals surface area contributed by atoms with E-state index in [4.69, 9.17) is 14.2 Å². The van der Waals surface area contributed by atoms with Crippen LogP contribution in [-0.2, 0) is 19.0 Å². The van der Waals surface area contributed by atoms with Gasteiger partial charge in [-0.2, -0.15) is 0 Å². The Labute approximate surface area is 166 Å². The lowest BCUT2D eigenvalue weighted by Gasteiger charge is -2.49. The van der Waals surface area contributed by atoms with Crippen LogP contribution in [0.15, 0.2) is 23.8 Å². The molecule has 0 unspecified atom stereocenters. The molecule has 28 heavy (non-hydrogen) atoms. The largest absolute Gasteiger partial charge is 0.465 e. The molecule has 4 bridgehead atoms. The van der Waals surface area contributed by atoms with E-state index in [2.05, 4.69) is 12.2 Å². The second-order valence-electron chi connectivity index (χ2n) is 8.96. The van der Waals surface area contributed by atoms with Crippen LogP contribution in [0.5, 0.6) is 0 Å². The van der Waals surface area contributed by atoms with Gasteiger partial charge in [0.1, 0.15) is 5.60 Å². The number of hydrogen-bond acceptors (Lipinski definition) is 6. The fourth-order valence-corrected chi connectivity index (χ4v) is 6.22. The third kappa shape index (κ3) is 2.65. The molecular weight excluding hydrogens is 360 g/mol. The summed E-state index contributed by atoms with van der Waals surface area (Å²) >= 11 is 0. The first-order valence-corrected chi connectivity index (χ1v) is 10.4. The first-order valence-electron chi connectivity index (χ1n) is 10.4. The Kier molecular flexibility index (Phi) is 5.19. The molecule has 0 amide bonds. The lowest BCUT2D eigenvalue weighted by atomic mass is 9.56. The Morgan fingerprint density at radius 2 is 2.04 bits per heavy atom. The van der Waals surface area contributed by atoms with Gasteiger partial charge in [0.15, 0.2) is 0 Å². The van der Waals surface area contributed by atoms with E-state index in [-0.39, 0.29) is 42.2 Å². The molecule has 6 heteroatoms. The Hall–Kier alpha value is -1.21. The van der Waals surface area contributed by atoms with Gasteiger partial charge in [-0.15, -0.1) is 0 Å². The molecule has 1 saturated carbocycles. The molecular formula is C22H32O6. The van der Waals surface area contributed by atoms with Crippen molar-refractivity contribution in [3.8, 4) is 0 Å². The SMILES string of the molecule is CC[C@H]1C(=O)OC[C@H](C)/C=C(\C)[C@@]23O[C@H]4[C@H](O)[C@H](COC)[C@@H](O)[C@@H]2[C@H]4C=C[C@H]13. The van der Waals surface area contributed by atoms with E-state index in [1.54, 1.807) is 7.11 Å². The van der Waals surface area contributed by atoms with Crippen molar-refractivity contribution in [1.82, 2.24) is 0 Å². The molecule has 4 aliphatic rings. The molecule has 6 nitrogen and oxygen atoms in total. The van der Waals surface area contributed by atoms with Crippen LogP contribution in [0, 0.1) is 35.5 Å². The minimum atomic E-state index is -0.816. The summed E-state index contributed by atoms with van der Waals surface area (Å²) in [6.07, 6.45) is 4.85. The fourth-order valence-electron chi connectivity index (χ4n) is 6.22. The van der Waals surface area contributed by atoms with Crippen LogP contribution in [0.25, 0.3) is 0 Å². The van der Waals surface area contributed by atoms with Crippen molar-refractivity contribution >= 4 is 5.97 Å². The molecule has 0 aromatic carbocycles. The molecule has 0 aromatic heterocycles.